The van der Waals surface area contributed by atoms with Gasteiger partial charge in [-0.25, -0.2) is 4.98 Å². The Morgan fingerprint density at radius 3 is 1.98 bits per heavy atom. The van der Waals surface area contributed by atoms with Gasteiger partial charge in [0.1, 0.15) is 6.17 Å². The molecule has 0 saturated heterocycles. The largest absolute Gasteiger partial charge is 0.359 e. The van der Waals surface area contributed by atoms with E-state index in [0.29, 0.717) is 0 Å². The monoisotopic (exact) mass is 690 g/mol. The maximum Gasteiger partial charge on any atom is 0.130 e. The summed E-state index contributed by atoms with van der Waals surface area (Å²) in [7, 11) is 0. The topological polar surface area (TPSA) is 33.1 Å². The van der Waals surface area contributed by atoms with E-state index in [1.807, 2.05) is 0 Å². The fourth-order valence-electron chi connectivity index (χ4n) is 8.57. The van der Waals surface area contributed by atoms with Crippen LogP contribution in [-0.2, 0) is 0 Å². The van der Waals surface area contributed by atoms with Crippen LogP contribution >= 0.6 is 0 Å². The lowest BCUT2D eigenvalue weighted by atomic mass is 9.94. The van der Waals surface area contributed by atoms with Crippen LogP contribution in [0.25, 0.3) is 71.6 Å². The van der Waals surface area contributed by atoms with Gasteiger partial charge in [0.2, 0.25) is 0 Å². The second kappa shape index (κ2) is 12.2. The molecule has 3 heterocycles. The Morgan fingerprint density at radius 1 is 0.444 bits per heavy atom. The van der Waals surface area contributed by atoms with E-state index in [0.717, 1.165) is 55.7 Å². The SMILES string of the molecule is c1ccc(C2Nc3ccccc3N2c2cccc(-c3cccc(-c4nc5ccccc5c5c4ccc4c5c5ccccc5n4-c4ccccc4)c3)c2)cc1. The van der Waals surface area contributed by atoms with Gasteiger partial charge < -0.3 is 14.8 Å². The van der Waals surface area contributed by atoms with E-state index in [1.54, 1.807) is 0 Å². The lowest BCUT2D eigenvalue weighted by molar-refractivity contribution is 0.828. The number of nitrogens with one attached hydrogen (secondary N) is 1. The third-order valence-corrected chi connectivity index (χ3v) is 10.9. The third kappa shape index (κ3) is 4.74. The molecule has 11 rings (SSSR count). The molecule has 0 spiro atoms. The second-order valence-electron chi connectivity index (χ2n) is 14.0. The van der Waals surface area contributed by atoms with Crippen LogP contribution in [0.4, 0.5) is 17.1 Å². The van der Waals surface area contributed by atoms with Crippen LogP contribution in [-0.4, -0.2) is 9.55 Å². The number of benzene rings is 8. The van der Waals surface area contributed by atoms with Gasteiger partial charge in [0.05, 0.1) is 33.6 Å². The van der Waals surface area contributed by atoms with Crippen molar-refractivity contribution in [2.45, 2.75) is 6.17 Å². The van der Waals surface area contributed by atoms with Gasteiger partial charge in [-0.3, -0.25) is 0 Å². The molecule has 4 nitrogen and oxygen atoms in total. The molecule has 1 unspecified atom stereocenters. The highest BCUT2D eigenvalue weighted by Crippen LogP contribution is 2.47. The van der Waals surface area contributed by atoms with Gasteiger partial charge in [-0.15, -0.1) is 0 Å². The summed E-state index contributed by atoms with van der Waals surface area (Å²) in [6.07, 6.45) is -0.0111. The van der Waals surface area contributed by atoms with Crippen molar-refractivity contribution in [3.8, 4) is 28.1 Å². The molecule has 0 aliphatic carbocycles. The Bertz CT molecular complexity index is 3040. The van der Waals surface area contributed by atoms with Crippen molar-refractivity contribution in [2.75, 3.05) is 10.2 Å². The van der Waals surface area contributed by atoms with Gasteiger partial charge in [0.15, 0.2) is 0 Å². The molecule has 0 bridgehead atoms. The number of aromatic nitrogens is 2. The van der Waals surface area contributed by atoms with Crippen LogP contribution in [0.15, 0.2) is 194 Å². The zero-order valence-electron chi connectivity index (χ0n) is 29.4. The summed E-state index contributed by atoms with van der Waals surface area (Å²) in [5.74, 6) is 0. The number of nitrogens with zero attached hydrogens (tertiary/aromatic N) is 3. The summed E-state index contributed by atoms with van der Waals surface area (Å²) >= 11 is 0. The van der Waals surface area contributed by atoms with Crippen molar-refractivity contribution in [3.63, 3.8) is 0 Å². The average Bonchev–Trinajstić information content (AvgIpc) is 3.81. The number of fused-ring (bicyclic) bond motifs is 8. The Labute approximate surface area is 313 Å². The number of hydrogen-bond acceptors (Lipinski definition) is 3. The third-order valence-electron chi connectivity index (χ3n) is 10.9. The summed E-state index contributed by atoms with van der Waals surface area (Å²) in [4.78, 5) is 7.80. The Balaban J connectivity index is 1.09. The van der Waals surface area contributed by atoms with Crippen LogP contribution in [0, 0.1) is 0 Å². The van der Waals surface area contributed by atoms with Gasteiger partial charge in [-0.2, -0.15) is 0 Å². The molecular weight excluding hydrogens is 657 g/mol. The minimum Gasteiger partial charge on any atom is -0.359 e. The predicted octanol–water partition coefficient (Wildman–Crippen LogP) is 13.1. The van der Waals surface area contributed by atoms with Crippen molar-refractivity contribution < 1.29 is 0 Å². The molecule has 0 saturated carbocycles. The van der Waals surface area contributed by atoms with E-state index in [9.17, 15) is 0 Å². The molecular formula is C50H34N4. The van der Waals surface area contributed by atoms with E-state index in [1.165, 1.54) is 38.4 Å². The molecule has 8 aromatic carbocycles. The summed E-state index contributed by atoms with van der Waals surface area (Å²) < 4.78 is 2.39. The summed E-state index contributed by atoms with van der Waals surface area (Å²) in [5, 5.41) is 9.80. The van der Waals surface area contributed by atoms with Crippen LogP contribution in [0.2, 0.25) is 0 Å². The molecule has 1 N–H and O–H groups in total. The van der Waals surface area contributed by atoms with Crippen molar-refractivity contribution in [1.29, 1.82) is 0 Å². The van der Waals surface area contributed by atoms with E-state index >= 15 is 0 Å². The molecule has 0 fully saturated rings. The van der Waals surface area contributed by atoms with Crippen LogP contribution in [0.1, 0.15) is 11.7 Å². The summed E-state index contributed by atoms with van der Waals surface area (Å²) in [6, 6.07) is 69.6. The van der Waals surface area contributed by atoms with E-state index in [-0.39, 0.29) is 6.17 Å². The fourth-order valence-corrected chi connectivity index (χ4v) is 8.57. The number of pyridine rings is 1. The number of rotatable bonds is 5. The normalized spacial score (nSPS) is 13.9. The van der Waals surface area contributed by atoms with Gasteiger partial charge in [0, 0.05) is 43.9 Å². The lowest BCUT2D eigenvalue weighted by Gasteiger charge is -2.28. The first-order valence-corrected chi connectivity index (χ1v) is 18.5. The molecule has 254 valence electrons. The highest BCUT2D eigenvalue weighted by Gasteiger charge is 2.31. The first-order chi connectivity index (χ1) is 26.8. The molecule has 1 atom stereocenters. The van der Waals surface area contributed by atoms with Crippen molar-refractivity contribution in [3.05, 3.63) is 200 Å². The molecule has 10 aromatic rings. The van der Waals surface area contributed by atoms with Gasteiger partial charge in [-0.05, 0) is 77.4 Å². The van der Waals surface area contributed by atoms with E-state index in [4.69, 9.17) is 4.98 Å². The smallest absolute Gasteiger partial charge is 0.130 e. The van der Waals surface area contributed by atoms with Crippen molar-refractivity contribution in [2.24, 2.45) is 0 Å². The first kappa shape index (κ1) is 30.5. The molecule has 4 heteroatoms. The molecule has 1 aliphatic rings. The van der Waals surface area contributed by atoms with Gasteiger partial charge in [0.25, 0.3) is 0 Å². The minimum atomic E-state index is -0.0111. The zero-order chi connectivity index (χ0) is 35.6. The predicted molar refractivity (Wildman–Crippen MR) is 226 cm³/mol. The van der Waals surface area contributed by atoms with Gasteiger partial charge in [-0.1, -0.05) is 133 Å². The quantitative estimate of drug-likeness (QED) is 0.183. The van der Waals surface area contributed by atoms with Crippen LogP contribution in [0.5, 0.6) is 0 Å². The molecule has 1 aliphatic heterocycles. The van der Waals surface area contributed by atoms with Crippen LogP contribution in [0.3, 0.4) is 0 Å². The number of anilines is 3. The number of para-hydroxylation sites is 5. The van der Waals surface area contributed by atoms with Crippen molar-refractivity contribution in [1.82, 2.24) is 9.55 Å². The minimum absolute atomic E-state index is 0.0111. The lowest BCUT2D eigenvalue weighted by Crippen LogP contribution is -2.23. The molecule has 0 amide bonds. The molecule has 2 aromatic heterocycles. The molecule has 54 heavy (non-hydrogen) atoms. The highest BCUT2D eigenvalue weighted by molar-refractivity contribution is 6.29. The van der Waals surface area contributed by atoms with Crippen LogP contribution < -0.4 is 10.2 Å². The average molecular weight is 691 g/mol. The second-order valence-corrected chi connectivity index (χ2v) is 14.0. The van der Waals surface area contributed by atoms with E-state index < -0.39 is 0 Å². The zero-order valence-corrected chi connectivity index (χ0v) is 29.4. The number of hydrogen-bond donors (Lipinski definition) is 1. The fraction of sp³-hybridized carbons (Fsp3) is 0.0200. The van der Waals surface area contributed by atoms with E-state index in [2.05, 4.69) is 209 Å². The molecule has 0 radical (unpaired) electrons. The Kier molecular flexibility index (Phi) is 6.89. The highest BCUT2D eigenvalue weighted by atomic mass is 15.3. The van der Waals surface area contributed by atoms with Crippen molar-refractivity contribution >= 4 is 60.5 Å². The summed E-state index contributed by atoms with van der Waals surface area (Å²) in [6.45, 7) is 0. The first-order valence-electron chi connectivity index (χ1n) is 18.5. The maximum absolute atomic E-state index is 5.39. The maximum atomic E-state index is 5.39. The van der Waals surface area contributed by atoms with Gasteiger partial charge >= 0.3 is 0 Å². The Hall–Kier alpha value is -7.17. The standard InChI is InChI=1S/C50H34N4/c1-3-15-33(16-4-1)50-52-43-26-10-12-28-45(43)54(50)38-22-14-18-35(32-38)34-17-13-19-36(31-34)49-41-29-30-46-48(47(41)39-23-7-9-25-42(39)51-49)40-24-8-11-27-44(40)53(46)37-20-5-2-6-21-37/h1-32,50,52H. The Morgan fingerprint density at radius 2 is 1.11 bits per heavy atom. The summed E-state index contributed by atoms with van der Waals surface area (Å²) in [5.41, 5.74) is 13.6.